The van der Waals surface area contributed by atoms with Gasteiger partial charge >= 0.3 is 0 Å². The second kappa shape index (κ2) is 9.35. The molecule has 0 saturated heterocycles. The van der Waals surface area contributed by atoms with Gasteiger partial charge < -0.3 is 5.73 Å². The van der Waals surface area contributed by atoms with E-state index in [9.17, 15) is 25.9 Å². The fraction of sp³-hybridized carbons (Fsp3) is 0.107. The van der Waals surface area contributed by atoms with Gasteiger partial charge in [0.2, 0.25) is 0 Å². The average molecular weight is 457 g/mol. The second-order valence-corrected chi connectivity index (χ2v) is 8.15. The van der Waals surface area contributed by atoms with E-state index in [-0.39, 0.29) is 17.0 Å². The molecule has 1 atom stereocenters. The van der Waals surface area contributed by atoms with Gasteiger partial charge in [0.15, 0.2) is 5.41 Å². The average Bonchev–Trinajstić information content (AvgIpc) is 2.90. The molecule has 4 rings (SSSR count). The minimum atomic E-state index is -1.93. The van der Waals surface area contributed by atoms with Gasteiger partial charge in [-0.2, -0.15) is 15.8 Å². The number of nitro benzene ring substituents is 1. The Kier molecular flexibility index (Phi) is 6.14. The molecule has 0 saturated carbocycles. The number of rotatable bonds is 5. The SMILES string of the molecule is N#CC1=C(N)C(C#N)(C#N)C(c2cccc([N+](=O)[O-])c2)C(Cc2ccccc2)=C1c1ccccc1. The number of nitriles is 3. The summed E-state index contributed by atoms with van der Waals surface area (Å²) in [5, 5.41) is 42.3. The molecule has 2 N–H and O–H groups in total. The molecule has 0 radical (unpaired) electrons. The first-order chi connectivity index (χ1) is 17.0. The van der Waals surface area contributed by atoms with Crippen LogP contribution in [0.1, 0.15) is 22.6 Å². The molecule has 0 fully saturated rings. The maximum Gasteiger partial charge on any atom is 0.269 e. The van der Waals surface area contributed by atoms with Gasteiger partial charge in [-0.15, -0.1) is 0 Å². The highest BCUT2D eigenvalue weighted by atomic mass is 16.6. The molecule has 0 spiro atoms. The Bertz CT molecular complexity index is 1470. The van der Waals surface area contributed by atoms with E-state index in [4.69, 9.17) is 5.73 Å². The summed E-state index contributed by atoms with van der Waals surface area (Å²) in [6.45, 7) is 0. The molecule has 35 heavy (non-hydrogen) atoms. The summed E-state index contributed by atoms with van der Waals surface area (Å²) >= 11 is 0. The number of non-ortho nitro benzene ring substituents is 1. The third-order valence-corrected chi connectivity index (χ3v) is 6.23. The Morgan fingerprint density at radius 3 is 2.11 bits per heavy atom. The van der Waals surface area contributed by atoms with Gasteiger partial charge in [0.05, 0.1) is 28.3 Å². The van der Waals surface area contributed by atoms with Crippen LogP contribution in [-0.4, -0.2) is 4.92 Å². The first kappa shape index (κ1) is 23.0. The highest BCUT2D eigenvalue weighted by Crippen LogP contribution is 2.54. The summed E-state index contributed by atoms with van der Waals surface area (Å²) in [6.07, 6.45) is 0.308. The van der Waals surface area contributed by atoms with Crippen LogP contribution in [0, 0.1) is 49.5 Å². The molecule has 1 aliphatic rings. The largest absolute Gasteiger partial charge is 0.399 e. The molecule has 0 bridgehead atoms. The monoisotopic (exact) mass is 457 g/mol. The van der Waals surface area contributed by atoms with Gasteiger partial charge in [-0.1, -0.05) is 72.8 Å². The quantitative estimate of drug-likeness (QED) is 0.414. The standard InChI is InChI=1S/C28H19N5O2/c29-16-24-25(20-10-5-2-6-11-20)23(14-19-8-3-1-4-9-19)26(28(17-30,18-31)27(24)32)21-12-7-13-22(15-21)33(34)35/h1-13,15,26H,14,32H2. The van der Waals surface area contributed by atoms with Crippen LogP contribution in [-0.2, 0) is 6.42 Å². The van der Waals surface area contributed by atoms with Crippen molar-refractivity contribution in [2.24, 2.45) is 11.1 Å². The Balaban J connectivity index is 2.13. The Morgan fingerprint density at radius 1 is 0.914 bits per heavy atom. The van der Waals surface area contributed by atoms with E-state index in [0.717, 1.165) is 5.56 Å². The van der Waals surface area contributed by atoms with Crippen molar-refractivity contribution < 1.29 is 4.92 Å². The van der Waals surface area contributed by atoms with E-state index in [2.05, 4.69) is 18.2 Å². The fourth-order valence-electron chi connectivity index (χ4n) is 4.65. The van der Waals surface area contributed by atoms with Gasteiger partial charge in [-0.3, -0.25) is 10.1 Å². The van der Waals surface area contributed by atoms with Gasteiger partial charge in [-0.25, -0.2) is 0 Å². The van der Waals surface area contributed by atoms with E-state index in [1.54, 1.807) is 6.07 Å². The van der Waals surface area contributed by atoms with Crippen molar-refractivity contribution >= 4 is 11.3 Å². The zero-order valence-corrected chi connectivity index (χ0v) is 18.6. The minimum Gasteiger partial charge on any atom is -0.399 e. The molecule has 168 valence electrons. The third-order valence-electron chi connectivity index (χ3n) is 6.23. The molecule has 0 heterocycles. The molecule has 1 aliphatic carbocycles. The fourth-order valence-corrected chi connectivity index (χ4v) is 4.65. The van der Waals surface area contributed by atoms with E-state index in [1.807, 2.05) is 60.7 Å². The van der Waals surface area contributed by atoms with Crippen molar-refractivity contribution in [1.29, 1.82) is 15.8 Å². The summed E-state index contributed by atoms with van der Waals surface area (Å²) in [4.78, 5) is 11.0. The third kappa shape index (κ3) is 3.91. The molecule has 7 heteroatoms. The predicted molar refractivity (Wildman–Crippen MR) is 130 cm³/mol. The van der Waals surface area contributed by atoms with Crippen molar-refractivity contribution in [2.45, 2.75) is 12.3 Å². The van der Waals surface area contributed by atoms with E-state index >= 15 is 0 Å². The van der Waals surface area contributed by atoms with Gasteiger partial charge in [-0.05, 0) is 28.7 Å². The van der Waals surface area contributed by atoms with Crippen LogP contribution < -0.4 is 5.73 Å². The van der Waals surface area contributed by atoms with Crippen LogP contribution in [0.2, 0.25) is 0 Å². The van der Waals surface area contributed by atoms with Crippen LogP contribution in [0.4, 0.5) is 5.69 Å². The molecule has 3 aromatic rings. The zero-order valence-electron chi connectivity index (χ0n) is 18.6. The van der Waals surface area contributed by atoms with Crippen molar-refractivity contribution in [1.82, 2.24) is 0 Å². The van der Waals surface area contributed by atoms with Crippen molar-refractivity contribution in [2.75, 3.05) is 0 Å². The van der Waals surface area contributed by atoms with Crippen LogP contribution in [0.25, 0.3) is 5.57 Å². The maximum atomic E-state index is 11.5. The Hall–Kier alpha value is -5.19. The molecule has 0 amide bonds. The first-order valence-corrected chi connectivity index (χ1v) is 10.8. The number of hydrogen-bond donors (Lipinski definition) is 1. The van der Waals surface area contributed by atoms with Crippen molar-refractivity contribution in [3.05, 3.63) is 129 Å². The van der Waals surface area contributed by atoms with Gasteiger partial charge in [0.25, 0.3) is 5.69 Å². The molecule has 0 aromatic heterocycles. The highest BCUT2D eigenvalue weighted by Gasteiger charge is 2.51. The summed E-state index contributed by atoms with van der Waals surface area (Å²) in [5.41, 5.74) is 7.42. The van der Waals surface area contributed by atoms with E-state index in [0.29, 0.717) is 28.7 Å². The number of nitrogens with zero attached hydrogens (tertiary/aromatic N) is 4. The van der Waals surface area contributed by atoms with E-state index in [1.165, 1.54) is 18.2 Å². The molecular formula is C28H19N5O2. The predicted octanol–water partition coefficient (Wildman–Crippen LogP) is 5.16. The molecular weight excluding hydrogens is 438 g/mol. The van der Waals surface area contributed by atoms with Crippen LogP contribution >= 0.6 is 0 Å². The minimum absolute atomic E-state index is 0.0620. The van der Waals surface area contributed by atoms with Crippen LogP contribution in [0.3, 0.4) is 0 Å². The lowest BCUT2D eigenvalue weighted by Crippen LogP contribution is -2.38. The van der Waals surface area contributed by atoms with Gasteiger partial charge in [0, 0.05) is 23.6 Å². The summed E-state index contributed by atoms with van der Waals surface area (Å²) in [6, 6.07) is 30.8. The number of allylic oxidation sites excluding steroid dienone is 4. The maximum absolute atomic E-state index is 11.5. The number of nitro groups is 1. The number of nitrogens with two attached hydrogens (primary N) is 1. The second-order valence-electron chi connectivity index (χ2n) is 8.15. The highest BCUT2D eigenvalue weighted by molar-refractivity contribution is 5.90. The summed E-state index contributed by atoms with van der Waals surface area (Å²) < 4.78 is 0. The topological polar surface area (TPSA) is 141 Å². The lowest BCUT2D eigenvalue weighted by molar-refractivity contribution is -0.384. The molecule has 3 aromatic carbocycles. The lowest BCUT2D eigenvalue weighted by Gasteiger charge is -2.38. The Morgan fingerprint density at radius 2 is 1.54 bits per heavy atom. The molecule has 0 aliphatic heterocycles. The van der Waals surface area contributed by atoms with Crippen molar-refractivity contribution in [3.63, 3.8) is 0 Å². The molecule has 7 nitrogen and oxygen atoms in total. The summed E-state index contributed by atoms with van der Waals surface area (Å²) in [7, 11) is 0. The normalized spacial score (nSPS) is 16.7. The van der Waals surface area contributed by atoms with Crippen molar-refractivity contribution in [3.8, 4) is 18.2 Å². The number of benzene rings is 3. The number of hydrogen-bond acceptors (Lipinski definition) is 6. The zero-order chi connectivity index (χ0) is 25.0. The first-order valence-electron chi connectivity index (χ1n) is 10.8. The van der Waals surface area contributed by atoms with Gasteiger partial charge in [0.1, 0.15) is 6.07 Å². The van der Waals surface area contributed by atoms with E-state index < -0.39 is 16.3 Å². The Labute approximate surface area is 202 Å². The molecule has 1 unspecified atom stereocenters. The lowest BCUT2D eigenvalue weighted by atomic mass is 9.61. The van der Waals surface area contributed by atoms with Crippen LogP contribution in [0.5, 0.6) is 0 Å². The smallest absolute Gasteiger partial charge is 0.269 e. The van der Waals surface area contributed by atoms with Crippen LogP contribution in [0.15, 0.2) is 102 Å². The summed E-state index contributed by atoms with van der Waals surface area (Å²) in [5.74, 6) is -0.940.